The molecule has 0 amide bonds. The molecule has 2 heterocycles. The molecule has 1 aromatic carbocycles. The van der Waals surface area contributed by atoms with Gasteiger partial charge in [0.1, 0.15) is 5.82 Å². The van der Waals surface area contributed by atoms with E-state index in [1.807, 2.05) is 23.5 Å². The fraction of sp³-hybridized carbons (Fsp3) is 0.500. The first kappa shape index (κ1) is 15.6. The van der Waals surface area contributed by atoms with Crippen LogP contribution in [0.15, 0.2) is 24.3 Å². The lowest BCUT2D eigenvalue weighted by Crippen LogP contribution is -2.33. The molecule has 3 rings (SSSR count). The molecule has 1 aromatic heterocycles. The second-order valence-corrected chi connectivity index (χ2v) is 7.58. The van der Waals surface area contributed by atoms with E-state index in [2.05, 4.69) is 23.7 Å². The molecule has 0 saturated carbocycles. The topological polar surface area (TPSA) is 16.1 Å². The number of likely N-dealkylation sites (tertiary alicyclic amines) is 1. The Morgan fingerprint density at radius 2 is 1.86 bits per heavy atom. The maximum atomic E-state index is 12.9. The minimum atomic E-state index is -0.145. The number of nitrogens with zero attached hydrogens (tertiary/aromatic N) is 2. The first-order valence-electron chi connectivity index (χ1n) is 8.00. The van der Waals surface area contributed by atoms with Gasteiger partial charge in [0.25, 0.3) is 0 Å². The number of thiazole rings is 1. The molecular formula is C18H23FN2S. The van der Waals surface area contributed by atoms with Gasteiger partial charge in [-0.3, -0.25) is 4.90 Å². The Balaban J connectivity index is 1.50. The first-order valence-corrected chi connectivity index (χ1v) is 8.81. The molecule has 0 spiro atoms. The average molecular weight is 318 g/mol. The van der Waals surface area contributed by atoms with Gasteiger partial charge in [0, 0.05) is 11.4 Å². The molecule has 1 aliphatic heterocycles. The highest BCUT2D eigenvalue weighted by Crippen LogP contribution is 2.25. The van der Waals surface area contributed by atoms with Crippen molar-refractivity contribution < 1.29 is 4.39 Å². The minimum Gasteiger partial charge on any atom is -0.298 e. The zero-order valence-electron chi connectivity index (χ0n) is 13.3. The van der Waals surface area contributed by atoms with Crippen LogP contribution in [0, 0.1) is 25.6 Å². The number of halogens is 1. The average Bonchev–Trinajstić information content (AvgIpc) is 2.81. The quantitative estimate of drug-likeness (QED) is 0.833. The van der Waals surface area contributed by atoms with Gasteiger partial charge in [0.05, 0.1) is 10.7 Å². The van der Waals surface area contributed by atoms with Crippen LogP contribution in [0.2, 0.25) is 0 Å². The summed E-state index contributed by atoms with van der Waals surface area (Å²) in [5.41, 5.74) is 2.45. The molecule has 1 aliphatic rings. The van der Waals surface area contributed by atoms with Crippen molar-refractivity contribution in [3.8, 4) is 0 Å². The van der Waals surface area contributed by atoms with Crippen molar-refractivity contribution in [3.05, 3.63) is 51.2 Å². The third kappa shape index (κ3) is 3.93. The second-order valence-electron chi connectivity index (χ2n) is 6.29. The Morgan fingerprint density at radius 3 is 2.45 bits per heavy atom. The van der Waals surface area contributed by atoms with Gasteiger partial charge in [-0.2, -0.15) is 0 Å². The fourth-order valence-corrected chi connectivity index (χ4v) is 4.21. The van der Waals surface area contributed by atoms with Crippen molar-refractivity contribution in [1.82, 2.24) is 9.88 Å². The predicted octanol–water partition coefficient (Wildman–Crippen LogP) is 4.35. The number of hydrogen-bond acceptors (Lipinski definition) is 3. The largest absolute Gasteiger partial charge is 0.298 e. The van der Waals surface area contributed by atoms with Crippen LogP contribution in [0.1, 0.15) is 34.0 Å². The van der Waals surface area contributed by atoms with Crippen molar-refractivity contribution in [2.24, 2.45) is 5.92 Å². The van der Waals surface area contributed by atoms with Crippen molar-refractivity contribution >= 4 is 11.3 Å². The minimum absolute atomic E-state index is 0.145. The third-order valence-corrected chi connectivity index (χ3v) is 5.57. The lowest BCUT2D eigenvalue weighted by molar-refractivity contribution is 0.178. The summed E-state index contributed by atoms with van der Waals surface area (Å²) < 4.78 is 12.9. The molecule has 0 radical (unpaired) electrons. The molecule has 0 bridgehead atoms. The third-order valence-electron chi connectivity index (χ3n) is 4.51. The highest BCUT2D eigenvalue weighted by molar-refractivity contribution is 7.11. The molecule has 0 aliphatic carbocycles. The summed E-state index contributed by atoms with van der Waals surface area (Å²) in [6, 6.07) is 6.98. The van der Waals surface area contributed by atoms with Gasteiger partial charge < -0.3 is 0 Å². The number of hydrogen-bond donors (Lipinski definition) is 0. The van der Waals surface area contributed by atoms with E-state index in [0.717, 1.165) is 32.0 Å². The van der Waals surface area contributed by atoms with Crippen LogP contribution in [0.4, 0.5) is 4.39 Å². The Morgan fingerprint density at radius 1 is 1.18 bits per heavy atom. The van der Waals surface area contributed by atoms with Gasteiger partial charge in [-0.15, -0.1) is 11.3 Å². The number of aryl methyl sites for hydroxylation is 2. The van der Waals surface area contributed by atoms with Crippen LogP contribution in [0.5, 0.6) is 0 Å². The van der Waals surface area contributed by atoms with Gasteiger partial charge in [-0.25, -0.2) is 9.37 Å². The first-order chi connectivity index (χ1) is 10.6. The smallest absolute Gasteiger partial charge is 0.123 e. The molecule has 1 saturated heterocycles. The van der Waals surface area contributed by atoms with Crippen LogP contribution in [-0.4, -0.2) is 23.0 Å². The molecule has 0 N–H and O–H groups in total. The van der Waals surface area contributed by atoms with E-state index in [1.54, 1.807) is 12.1 Å². The second kappa shape index (κ2) is 6.88. The number of rotatable bonds is 4. The molecular weight excluding hydrogens is 295 g/mol. The van der Waals surface area contributed by atoms with Crippen molar-refractivity contribution in [2.75, 3.05) is 13.1 Å². The normalized spacial score (nSPS) is 17.0. The Labute approximate surface area is 136 Å². The molecule has 118 valence electrons. The summed E-state index contributed by atoms with van der Waals surface area (Å²) in [5, 5.41) is 1.17. The number of piperidine rings is 1. The van der Waals surface area contributed by atoms with E-state index in [0.29, 0.717) is 0 Å². The lowest BCUT2D eigenvalue weighted by atomic mass is 9.90. The van der Waals surface area contributed by atoms with Crippen LogP contribution < -0.4 is 0 Å². The van der Waals surface area contributed by atoms with E-state index >= 15 is 0 Å². The standard InChI is InChI=1S/C18H23FN2S/c1-13-18(22-14(2)20-13)12-21-9-7-16(8-10-21)11-15-3-5-17(19)6-4-15/h3-6,16H,7-12H2,1-2H3. The van der Waals surface area contributed by atoms with Crippen LogP contribution in [-0.2, 0) is 13.0 Å². The van der Waals surface area contributed by atoms with Crippen molar-refractivity contribution in [3.63, 3.8) is 0 Å². The summed E-state index contributed by atoms with van der Waals surface area (Å²) in [6.07, 6.45) is 3.54. The zero-order chi connectivity index (χ0) is 15.5. The fourth-order valence-electron chi connectivity index (χ4n) is 3.23. The molecule has 22 heavy (non-hydrogen) atoms. The Hall–Kier alpha value is -1.26. The highest BCUT2D eigenvalue weighted by atomic mass is 32.1. The maximum Gasteiger partial charge on any atom is 0.123 e. The molecule has 2 nitrogen and oxygen atoms in total. The molecule has 1 fully saturated rings. The summed E-state index contributed by atoms with van der Waals surface area (Å²) in [5.74, 6) is 0.583. The Bertz CT molecular complexity index is 613. The summed E-state index contributed by atoms with van der Waals surface area (Å²) >= 11 is 1.82. The molecule has 4 heteroatoms. The van der Waals surface area contributed by atoms with Crippen molar-refractivity contribution in [1.29, 1.82) is 0 Å². The van der Waals surface area contributed by atoms with E-state index in [4.69, 9.17) is 0 Å². The van der Waals surface area contributed by atoms with E-state index in [-0.39, 0.29) is 5.82 Å². The maximum absolute atomic E-state index is 12.9. The van der Waals surface area contributed by atoms with Gasteiger partial charge in [-0.05, 0) is 69.8 Å². The van der Waals surface area contributed by atoms with Crippen LogP contribution in [0.25, 0.3) is 0 Å². The summed E-state index contributed by atoms with van der Waals surface area (Å²) in [6.45, 7) is 7.54. The van der Waals surface area contributed by atoms with E-state index in [9.17, 15) is 4.39 Å². The lowest BCUT2D eigenvalue weighted by Gasteiger charge is -2.31. The van der Waals surface area contributed by atoms with Crippen LogP contribution >= 0.6 is 11.3 Å². The number of aromatic nitrogens is 1. The van der Waals surface area contributed by atoms with E-state index in [1.165, 1.54) is 34.0 Å². The molecule has 0 unspecified atom stereocenters. The summed E-state index contributed by atoms with van der Waals surface area (Å²) in [7, 11) is 0. The molecule has 0 atom stereocenters. The monoisotopic (exact) mass is 318 g/mol. The predicted molar refractivity (Wildman–Crippen MR) is 89.7 cm³/mol. The van der Waals surface area contributed by atoms with Crippen LogP contribution in [0.3, 0.4) is 0 Å². The van der Waals surface area contributed by atoms with Crippen molar-refractivity contribution in [2.45, 2.75) is 39.7 Å². The SMILES string of the molecule is Cc1nc(C)c(CN2CCC(Cc3ccc(F)cc3)CC2)s1. The van der Waals surface area contributed by atoms with Gasteiger partial charge in [0.2, 0.25) is 0 Å². The van der Waals surface area contributed by atoms with Gasteiger partial charge in [0.15, 0.2) is 0 Å². The zero-order valence-corrected chi connectivity index (χ0v) is 14.1. The molecule has 2 aromatic rings. The van der Waals surface area contributed by atoms with Gasteiger partial charge >= 0.3 is 0 Å². The van der Waals surface area contributed by atoms with Gasteiger partial charge in [-0.1, -0.05) is 12.1 Å². The van der Waals surface area contributed by atoms with E-state index < -0.39 is 0 Å². The Kier molecular flexibility index (Phi) is 4.89. The number of benzene rings is 1. The summed E-state index contributed by atoms with van der Waals surface area (Å²) in [4.78, 5) is 8.47. The highest BCUT2D eigenvalue weighted by Gasteiger charge is 2.20.